The second-order valence-electron chi connectivity index (χ2n) is 11.3. The summed E-state index contributed by atoms with van der Waals surface area (Å²) in [4.78, 5) is 15.7. The van der Waals surface area contributed by atoms with Gasteiger partial charge in [0.1, 0.15) is 0 Å². The van der Waals surface area contributed by atoms with E-state index in [2.05, 4.69) is 55.2 Å². The molecule has 0 spiro atoms. The van der Waals surface area contributed by atoms with Crippen molar-refractivity contribution in [3.05, 3.63) is 47.1 Å². The molecule has 5 rings (SSSR count). The van der Waals surface area contributed by atoms with E-state index in [1.807, 2.05) is 14.1 Å². The van der Waals surface area contributed by atoms with Gasteiger partial charge >= 0.3 is 0 Å². The van der Waals surface area contributed by atoms with Crippen LogP contribution < -0.4 is 4.90 Å². The number of carbonyl (C=O) groups is 1. The number of carbonyl (C=O) groups excluding carboxylic acids is 1. The van der Waals surface area contributed by atoms with Crippen LogP contribution >= 0.6 is 0 Å². The van der Waals surface area contributed by atoms with E-state index in [1.165, 1.54) is 11.3 Å². The molecule has 0 heterocycles. The largest absolute Gasteiger partial charge is 0.393 e. The Morgan fingerprint density at radius 1 is 1.00 bits per heavy atom. The van der Waals surface area contributed by atoms with Crippen molar-refractivity contribution in [2.75, 3.05) is 19.0 Å². The number of ketones is 1. The standard InChI is InChI=1S/C28H37NO2/c1-27-13-11-22(30)17-20(27)7-10-23-24(27)12-14-28(2)25(23)16-19(26(28)31)15-18-5-8-21(9-6-18)29(3)4/h5-9,15,22-25,30H,10-14,16-17H2,1-4H3/b19-15+/t22-,23-,24+,25-,27+,28-/m1/s1. The molecular formula is C28H37NO2. The third kappa shape index (κ3) is 3.23. The van der Waals surface area contributed by atoms with Crippen molar-refractivity contribution in [2.24, 2.45) is 28.6 Å². The molecule has 1 aromatic rings. The number of hydrogen-bond donors (Lipinski definition) is 1. The molecule has 1 aromatic carbocycles. The van der Waals surface area contributed by atoms with Crippen molar-refractivity contribution in [2.45, 2.75) is 64.9 Å². The SMILES string of the molecule is CN(C)c1ccc(/C=C2\C[C@@H]3[C@@H]4CC=C5C[C@H](O)CC[C@]5(C)[C@H]4CC[C@@]3(C)C2=O)cc1. The Kier molecular flexibility index (Phi) is 4.97. The number of fused-ring (bicyclic) bond motifs is 5. The average Bonchev–Trinajstić information content (AvgIpc) is 2.99. The molecule has 0 bridgehead atoms. The van der Waals surface area contributed by atoms with Gasteiger partial charge in [0.15, 0.2) is 5.78 Å². The Morgan fingerprint density at radius 2 is 1.71 bits per heavy atom. The number of anilines is 1. The van der Waals surface area contributed by atoms with Crippen molar-refractivity contribution >= 4 is 17.5 Å². The summed E-state index contributed by atoms with van der Waals surface area (Å²) in [6.07, 6.45) is 11.5. The van der Waals surface area contributed by atoms with E-state index in [4.69, 9.17) is 0 Å². The third-order valence-electron chi connectivity index (χ3n) is 9.47. The van der Waals surface area contributed by atoms with Crippen LogP contribution in [0.15, 0.2) is 41.5 Å². The molecule has 0 aliphatic heterocycles. The van der Waals surface area contributed by atoms with Gasteiger partial charge in [0, 0.05) is 25.2 Å². The number of aliphatic hydroxyl groups excluding tert-OH is 1. The molecule has 4 aliphatic carbocycles. The molecule has 6 atom stereocenters. The zero-order chi connectivity index (χ0) is 22.0. The van der Waals surface area contributed by atoms with Crippen molar-refractivity contribution in [1.82, 2.24) is 0 Å². The molecule has 1 N–H and O–H groups in total. The molecule has 3 fully saturated rings. The van der Waals surface area contributed by atoms with Gasteiger partial charge in [-0.05, 0) is 97.5 Å². The van der Waals surface area contributed by atoms with E-state index in [-0.39, 0.29) is 16.9 Å². The monoisotopic (exact) mass is 419 g/mol. The van der Waals surface area contributed by atoms with E-state index >= 15 is 0 Å². The number of benzene rings is 1. The molecule has 3 nitrogen and oxygen atoms in total. The van der Waals surface area contributed by atoms with Crippen LogP contribution in [0, 0.1) is 28.6 Å². The predicted octanol–water partition coefficient (Wildman–Crippen LogP) is 5.64. The molecule has 0 unspecified atom stereocenters. The van der Waals surface area contributed by atoms with Crippen LogP contribution in [-0.4, -0.2) is 31.1 Å². The van der Waals surface area contributed by atoms with E-state index in [0.717, 1.165) is 56.1 Å². The molecule has 3 saturated carbocycles. The van der Waals surface area contributed by atoms with Crippen molar-refractivity contribution in [3.63, 3.8) is 0 Å². The lowest BCUT2D eigenvalue weighted by molar-refractivity contribution is -0.130. The van der Waals surface area contributed by atoms with Gasteiger partial charge in [-0.1, -0.05) is 37.6 Å². The van der Waals surface area contributed by atoms with Crippen LogP contribution in [0.25, 0.3) is 6.08 Å². The fourth-order valence-electron chi connectivity index (χ4n) is 7.51. The topological polar surface area (TPSA) is 40.5 Å². The first-order valence-electron chi connectivity index (χ1n) is 12.1. The first-order valence-corrected chi connectivity index (χ1v) is 12.1. The summed E-state index contributed by atoms with van der Waals surface area (Å²) in [5.41, 5.74) is 4.86. The average molecular weight is 420 g/mol. The fourth-order valence-corrected chi connectivity index (χ4v) is 7.51. The first kappa shape index (κ1) is 21.0. The molecule has 0 amide bonds. The van der Waals surface area contributed by atoms with Crippen LogP contribution in [0.2, 0.25) is 0 Å². The summed E-state index contributed by atoms with van der Waals surface area (Å²) in [5, 5.41) is 10.2. The highest BCUT2D eigenvalue weighted by molar-refractivity contribution is 6.06. The smallest absolute Gasteiger partial charge is 0.165 e. The van der Waals surface area contributed by atoms with Gasteiger partial charge in [-0.3, -0.25) is 4.79 Å². The quantitative estimate of drug-likeness (QED) is 0.498. The Labute approximate surface area is 187 Å². The molecule has 3 heteroatoms. The van der Waals surface area contributed by atoms with E-state index < -0.39 is 0 Å². The minimum Gasteiger partial charge on any atom is -0.393 e. The predicted molar refractivity (Wildman–Crippen MR) is 127 cm³/mol. The first-order chi connectivity index (χ1) is 14.7. The minimum absolute atomic E-state index is 0.161. The lowest BCUT2D eigenvalue weighted by Crippen LogP contribution is -2.50. The summed E-state index contributed by atoms with van der Waals surface area (Å²) in [7, 11) is 4.10. The van der Waals surface area contributed by atoms with Gasteiger partial charge in [0.25, 0.3) is 0 Å². The molecule has 0 radical (unpaired) electrons. The lowest BCUT2D eigenvalue weighted by atomic mass is 9.48. The number of hydrogen-bond acceptors (Lipinski definition) is 3. The van der Waals surface area contributed by atoms with Crippen LogP contribution in [0.1, 0.15) is 64.4 Å². The van der Waals surface area contributed by atoms with Crippen LogP contribution in [0.3, 0.4) is 0 Å². The van der Waals surface area contributed by atoms with Crippen molar-refractivity contribution in [1.29, 1.82) is 0 Å². The number of allylic oxidation sites excluding steroid dienone is 2. The van der Waals surface area contributed by atoms with Gasteiger partial charge < -0.3 is 10.0 Å². The second kappa shape index (κ2) is 7.33. The normalized spacial score (nSPS) is 40.7. The zero-order valence-corrected chi connectivity index (χ0v) is 19.5. The van der Waals surface area contributed by atoms with Crippen molar-refractivity contribution in [3.8, 4) is 0 Å². The molecule has 0 saturated heterocycles. The minimum atomic E-state index is -0.202. The molecule has 4 aliphatic rings. The molecule has 166 valence electrons. The van der Waals surface area contributed by atoms with Crippen LogP contribution in [0.5, 0.6) is 0 Å². The summed E-state index contributed by atoms with van der Waals surface area (Å²) >= 11 is 0. The van der Waals surface area contributed by atoms with Gasteiger partial charge in [-0.2, -0.15) is 0 Å². The van der Waals surface area contributed by atoms with Gasteiger partial charge in [0.05, 0.1) is 6.10 Å². The number of Topliss-reactive ketones (excluding diaryl/α,β-unsaturated/α-hetero) is 1. The maximum absolute atomic E-state index is 13.6. The highest BCUT2D eigenvalue weighted by Gasteiger charge is 2.59. The van der Waals surface area contributed by atoms with Crippen LogP contribution in [0.4, 0.5) is 5.69 Å². The van der Waals surface area contributed by atoms with Gasteiger partial charge in [-0.15, -0.1) is 0 Å². The number of aliphatic hydroxyl groups is 1. The van der Waals surface area contributed by atoms with Crippen molar-refractivity contribution < 1.29 is 9.90 Å². The zero-order valence-electron chi connectivity index (χ0n) is 19.5. The van der Waals surface area contributed by atoms with Crippen LogP contribution in [-0.2, 0) is 4.79 Å². The fraction of sp³-hybridized carbons (Fsp3) is 0.607. The summed E-state index contributed by atoms with van der Waals surface area (Å²) in [5.74, 6) is 2.09. The Balaban J connectivity index is 1.44. The Hall–Kier alpha value is -1.87. The van der Waals surface area contributed by atoms with E-state index in [9.17, 15) is 9.90 Å². The Morgan fingerprint density at radius 3 is 2.42 bits per heavy atom. The third-order valence-corrected chi connectivity index (χ3v) is 9.47. The highest BCUT2D eigenvalue weighted by atomic mass is 16.3. The van der Waals surface area contributed by atoms with E-state index in [1.54, 1.807) is 0 Å². The molecule has 31 heavy (non-hydrogen) atoms. The summed E-state index contributed by atoms with van der Waals surface area (Å²) < 4.78 is 0. The maximum Gasteiger partial charge on any atom is 0.165 e. The second-order valence-corrected chi connectivity index (χ2v) is 11.3. The Bertz CT molecular complexity index is 942. The highest BCUT2D eigenvalue weighted by Crippen LogP contribution is 2.64. The molecular weight excluding hydrogens is 382 g/mol. The number of rotatable bonds is 2. The summed E-state index contributed by atoms with van der Waals surface area (Å²) in [6, 6.07) is 8.52. The van der Waals surface area contributed by atoms with Gasteiger partial charge in [0.2, 0.25) is 0 Å². The van der Waals surface area contributed by atoms with Gasteiger partial charge in [-0.25, -0.2) is 0 Å². The molecule has 0 aromatic heterocycles. The maximum atomic E-state index is 13.6. The van der Waals surface area contributed by atoms with E-state index in [0.29, 0.717) is 23.5 Å². The lowest BCUT2D eigenvalue weighted by Gasteiger charge is -2.56. The number of nitrogens with zero attached hydrogens (tertiary/aromatic N) is 1. The summed E-state index contributed by atoms with van der Waals surface area (Å²) in [6.45, 7) is 4.70.